The van der Waals surface area contributed by atoms with E-state index in [1.807, 2.05) is 6.92 Å². The molecule has 0 amide bonds. The summed E-state index contributed by atoms with van der Waals surface area (Å²) in [5.74, 6) is 4.90. The molecule has 6 nitrogen and oxygen atoms in total. The summed E-state index contributed by atoms with van der Waals surface area (Å²) < 4.78 is 19.1. The number of hydrogen-bond acceptors (Lipinski definition) is 6. The van der Waals surface area contributed by atoms with Crippen LogP contribution < -0.4 is 10.6 Å². The van der Waals surface area contributed by atoms with Crippen molar-refractivity contribution < 1.29 is 9.13 Å². The van der Waals surface area contributed by atoms with Gasteiger partial charge in [-0.1, -0.05) is 12.1 Å². The topological polar surface area (TPSA) is 85.8 Å². The van der Waals surface area contributed by atoms with E-state index in [2.05, 4.69) is 20.1 Å². The molecule has 2 N–H and O–H groups in total. The molecule has 0 saturated heterocycles. The van der Waals surface area contributed by atoms with Crippen LogP contribution in [0.5, 0.6) is 6.01 Å². The highest BCUT2D eigenvalue weighted by Gasteiger charge is 2.04. The molecule has 2 aromatic rings. The molecule has 7 heteroatoms. The molecule has 0 aliphatic rings. The first-order valence-corrected chi connectivity index (χ1v) is 6.57. The van der Waals surface area contributed by atoms with Crippen LogP contribution in [0.4, 0.5) is 10.1 Å². The summed E-state index contributed by atoms with van der Waals surface area (Å²) in [5, 5.41) is 3.55. The monoisotopic (exact) mass is 301 g/mol. The second-order valence-corrected chi connectivity index (χ2v) is 4.62. The van der Waals surface area contributed by atoms with Gasteiger partial charge in [-0.15, -0.1) is 0 Å². The zero-order chi connectivity index (χ0) is 15.9. The first kappa shape index (κ1) is 15.6. The standard InChI is InChI=1S/C15H16FN5O/c1-10-6-19-15(20-7-10)22-9-12(21-17)8-18-13-5-3-4-11(2)14(13)16/h3-8H,9,17H2,1-2H3. The van der Waals surface area contributed by atoms with Crippen LogP contribution in [0, 0.1) is 19.7 Å². The van der Waals surface area contributed by atoms with Crippen molar-refractivity contribution in [1.82, 2.24) is 9.97 Å². The van der Waals surface area contributed by atoms with E-state index in [0.29, 0.717) is 11.3 Å². The molecule has 22 heavy (non-hydrogen) atoms. The minimum absolute atomic E-state index is 0.0382. The fourth-order valence-electron chi connectivity index (χ4n) is 1.58. The third-order valence-corrected chi connectivity index (χ3v) is 2.80. The Morgan fingerprint density at radius 2 is 2.05 bits per heavy atom. The second-order valence-electron chi connectivity index (χ2n) is 4.62. The Hall–Kier alpha value is -2.83. The number of halogens is 1. The van der Waals surface area contributed by atoms with Gasteiger partial charge in [-0.05, 0) is 31.0 Å². The molecule has 0 saturated carbocycles. The number of aliphatic imine (C=N–C) groups is 1. The van der Waals surface area contributed by atoms with E-state index < -0.39 is 0 Å². The Balaban J connectivity index is 2.02. The van der Waals surface area contributed by atoms with Crippen LogP contribution >= 0.6 is 0 Å². The number of hydrogen-bond donors (Lipinski definition) is 1. The van der Waals surface area contributed by atoms with Crippen molar-refractivity contribution in [2.45, 2.75) is 13.8 Å². The van der Waals surface area contributed by atoms with E-state index in [0.717, 1.165) is 5.56 Å². The predicted octanol–water partition coefficient (Wildman–Crippen LogP) is 2.33. The summed E-state index contributed by atoms with van der Waals surface area (Å²) in [6.07, 6.45) is 4.63. The van der Waals surface area contributed by atoms with Gasteiger partial charge < -0.3 is 10.6 Å². The van der Waals surface area contributed by atoms with Gasteiger partial charge in [0.05, 0.1) is 11.9 Å². The highest BCUT2D eigenvalue weighted by Crippen LogP contribution is 2.19. The van der Waals surface area contributed by atoms with Crippen LogP contribution in [0.1, 0.15) is 11.1 Å². The molecule has 1 aromatic carbocycles. The summed E-state index contributed by atoms with van der Waals surface area (Å²) in [6.45, 7) is 3.58. The molecule has 0 aliphatic heterocycles. The van der Waals surface area contributed by atoms with Crippen LogP contribution in [-0.2, 0) is 0 Å². The molecule has 1 heterocycles. The molecule has 0 aliphatic carbocycles. The molecule has 0 unspecified atom stereocenters. The fourth-order valence-corrected chi connectivity index (χ4v) is 1.58. The number of benzene rings is 1. The molecule has 1 aromatic heterocycles. The normalized spacial score (nSPS) is 11.9. The number of hydrazone groups is 1. The average Bonchev–Trinajstić information content (AvgIpc) is 2.53. The lowest BCUT2D eigenvalue weighted by molar-refractivity contribution is 0.346. The molecule has 0 spiro atoms. The fraction of sp³-hybridized carbons (Fsp3) is 0.200. The third-order valence-electron chi connectivity index (χ3n) is 2.80. The Morgan fingerprint density at radius 3 is 2.73 bits per heavy atom. The summed E-state index contributed by atoms with van der Waals surface area (Å²) in [7, 11) is 0. The van der Waals surface area contributed by atoms with E-state index in [4.69, 9.17) is 10.6 Å². The van der Waals surface area contributed by atoms with Crippen molar-refractivity contribution in [3.05, 3.63) is 47.5 Å². The molecular formula is C15H16FN5O. The summed E-state index contributed by atoms with van der Waals surface area (Å²) >= 11 is 0. The maximum atomic E-state index is 13.8. The first-order valence-electron chi connectivity index (χ1n) is 6.57. The molecule has 114 valence electrons. The molecule has 0 bridgehead atoms. The van der Waals surface area contributed by atoms with Gasteiger partial charge in [0.15, 0.2) is 5.82 Å². The Bertz CT molecular complexity index is 698. The number of nitrogens with two attached hydrogens (primary N) is 1. The van der Waals surface area contributed by atoms with Crippen LogP contribution in [0.3, 0.4) is 0 Å². The molecule has 2 rings (SSSR count). The lowest BCUT2D eigenvalue weighted by Gasteiger charge is -2.04. The van der Waals surface area contributed by atoms with Crippen LogP contribution in [0.2, 0.25) is 0 Å². The number of ether oxygens (including phenoxy) is 1. The van der Waals surface area contributed by atoms with E-state index >= 15 is 0 Å². The van der Waals surface area contributed by atoms with Gasteiger partial charge in [-0.3, -0.25) is 4.99 Å². The molecule has 0 fully saturated rings. The van der Waals surface area contributed by atoms with E-state index in [1.165, 1.54) is 6.21 Å². The van der Waals surface area contributed by atoms with Gasteiger partial charge in [0, 0.05) is 12.4 Å². The lowest BCUT2D eigenvalue weighted by atomic mass is 10.2. The van der Waals surface area contributed by atoms with Crippen molar-refractivity contribution in [3.8, 4) is 6.01 Å². The van der Waals surface area contributed by atoms with Crippen LogP contribution in [-0.4, -0.2) is 28.5 Å². The number of rotatable bonds is 5. The van der Waals surface area contributed by atoms with Crippen LogP contribution in [0.15, 0.2) is 40.7 Å². The summed E-state index contributed by atoms with van der Waals surface area (Å²) in [4.78, 5) is 12.0. The van der Waals surface area contributed by atoms with Gasteiger partial charge in [0.25, 0.3) is 0 Å². The zero-order valence-electron chi connectivity index (χ0n) is 12.3. The Labute approximate surface area is 127 Å². The highest BCUT2D eigenvalue weighted by molar-refractivity contribution is 6.31. The molecule has 0 radical (unpaired) electrons. The minimum Gasteiger partial charge on any atom is -0.457 e. The maximum absolute atomic E-state index is 13.8. The Kier molecular flexibility index (Phi) is 5.13. The maximum Gasteiger partial charge on any atom is 0.316 e. The Morgan fingerprint density at radius 1 is 1.32 bits per heavy atom. The van der Waals surface area contributed by atoms with Crippen molar-refractivity contribution in [1.29, 1.82) is 0 Å². The summed E-state index contributed by atoms with van der Waals surface area (Å²) in [6, 6.07) is 5.17. The number of aromatic nitrogens is 2. The molecular weight excluding hydrogens is 285 g/mol. The minimum atomic E-state index is -0.377. The average molecular weight is 301 g/mol. The van der Waals surface area contributed by atoms with E-state index in [-0.39, 0.29) is 24.1 Å². The predicted molar refractivity (Wildman–Crippen MR) is 83.2 cm³/mol. The smallest absolute Gasteiger partial charge is 0.316 e. The number of aryl methyl sites for hydroxylation is 2. The lowest BCUT2D eigenvalue weighted by Crippen LogP contribution is -2.16. The van der Waals surface area contributed by atoms with E-state index in [9.17, 15) is 4.39 Å². The van der Waals surface area contributed by atoms with Gasteiger partial charge in [0.2, 0.25) is 0 Å². The van der Waals surface area contributed by atoms with Crippen molar-refractivity contribution in [3.63, 3.8) is 0 Å². The van der Waals surface area contributed by atoms with E-state index in [1.54, 1.807) is 37.5 Å². The second kappa shape index (κ2) is 7.26. The summed E-state index contributed by atoms with van der Waals surface area (Å²) in [5.41, 5.74) is 2.00. The van der Waals surface area contributed by atoms with Crippen molar-refractivity contribution >= 4 is 17.6 Å². The largest absolute Gasteiger partial charge is 0.457 e. The van der Waals surface area contributed by atoms with Gasteiger partial charge in [-0.2, -0.15) is 5.10 Å². The first-order chi connectivity index (χ1) is 10.6. The van der Waals surface area contributed by atoms with Crippen LogP contribution in [0.25, 0.3) is 0 Å². The zero-order valence-corrected chi connectivity index (χ0v) is 12.3. The van der Waals surface area contributed by atoms with Crippen molar-refractivity contribution in [2.75, 3.05) is 6.61 Å². The third kappa shape index (κ3) is 4.08. The van der Waals surface area contributed by atoms with Gasteiger partial charge in [-0.25, -0.2) is 14.4 Å². The molecule has 0 atom stereocenters. The SMILES string of the molecule is Cc1cnc(OCC(C=Nc2cccc(C)c2F)=NN)nc1. The number of nitrogens with zero attached hydrogens (tertiary/aromatic N) is 4. The van der Waals surface area contributed by atoms with Crippen molar-refractivity contribution in [2.24, 2.45) is 15.9 Å². The quantitative estimate of drug-likeness (QED) is 0.521. The van der Waals surface area contributed by atoms with Gasteiger partial charge in [0.1, 0.15) is 12.3 Å². The highest BCUT2D eigenvalue weighted by atomic mass is 19.1. The van der Waals surface area contributed by atoms with Gasteiger partial charge >= 0.3 is 6.01 Å².